The molecule has 0 saturated carbocycles. The van der Waals surface area contributed by atoms with E-state index in [4.69, 9.17) is 4.98 Å². The predicted molar refractivity (Wildman–Crippen MR) is 103 cm³/mol. The largest absolute Gasteiger partial charge is 0.296 e. The van der Waals surface area contributed by atoms with E-state index < -0.39 is 0 Å². The topological polar surface area (TPSA) is 32.3 Å². The molecule has 5 heteroatoms. The second-order valence-electron chi connectivity index (χ2n) is 7.50. The molecule has 134 valence electrons. The zero-order valence-corrected chi connectivity index (χ0v) is 16.1. The van der Waals surface area contributed by atoms with Crippen molar-refractivity contribution in [1.29, 1.82) is 0 Å². The van der Waals surface area contributed by atoms with Crippen LogP contribution in [0.4, 0.5) is 0 Å². The van der Waals surface area contributed by atoms with E-state index in [9.17, 15) is 0 Å². The van der Waals surface area contributed by atoms with Gasteiger partial charge in [0.05, 0.1) is 16.4 Å². The highest BCUT2D eigenvalue weighted by atomic mass is 32.1. The summed E-state index contributed by atoms with van der Waals surface area (Å²) in [4.78, 5) is 16.1. The molecule has 0 N–H and O–H groups in total. The zero-order chi connectivity index (χ0) is 17.2. The van der Waals surface area contributed by atoms with Gasteiger partial charge in [-0.05, 0) is 44.2 Å². The van der Waals surface area contributed by atoms with Gasteiger partial charge in [0.15, 0.2) is 0 Å². The first-order chi connectivity index (χ1) is 12.2. The molecule has 0 radical (unpaired) electrons. The van der Waals surface area contributed by atoms with Crippen LogP contribution in [0.2, 0.25) is 0 Å². The molecular formula is C20H28N4S. The molecule has 0 unspecified atom stereocenters. The number of nitrogens with zero attached hydrogens (tertiary/aromatic N) is 4. The lowest BCUT2D eigenvalue weighted by atomic mass is 9.95. The van der Waals surface area contributed by atoms with Crippen LogP contribution in [0.15, 0.2) is 24.4 Å². The number of piperidine rings is 1. The highest BCUT2D eigenvalue weighted by molar-refractivity contribution is 7.11. The Morgan fingerprint density at radius 1 is 1.16 bits per heavy atom. The van der Waals surface area contributed by atoms with E-state index in [1.165, 1.54) is 53.7 Å². The van der Waals surface area contributed by atoms with Crippen LogP contribution in [-0.2, 0) is 19.5 Å². The number of pyridine rings is 1. The first-order valence-corrected chi connectivity index (χ1v) is 10.3. The number of thiazole rings is 1. The second-order valence-corrected chi connectivity index (χ2v) is 8.79. The third-order valence-electron chi connectivity index (χ3n) is 5.58. The van der Waals surface area contributed by atoms with E-state index in [-0.39, 0.29) is 0 Å². The first-order valence-electron chi connectivity index (χ1n) is 9.52. The monoisotopic (exact) mass is 356 g/mol. The third-order valence-corrected chi connectivity index (χ3v) is 6.58. The summed E-state index contributed by atoms with van der Waals surface area (Å²) in [6, 6.07) is 6.93. The second kappa shape index (κ2) is 7.52. The van der Waals surface area contributed by atoms with Crippen molar-refractivity contribution in [3.05, 3.63) is 45.7 Å². The molecular weight excluding hydrogens is 328 g/mol. The van der Waals surface area contributed by atoms with Crippen molar-refractivity contribution < 1.29 is 0 Å². The van der Waals surface area contributed by atoms with Crippen LogP contribution in [0.5, 0.6) is 0 Å². The van der Waals surface area contributed by atoms with Gasteiger partial charge >= 0.3 is 0 Å². The Labute approximate surface area is 154 Å². The van der Waals surface area contributed by atoms with Gasteiger partial charge in [-0.15, -0.1) is 11.3 Å². The van der Waals surface area contributed by atoms with E-state index in [0.29, 0.717) is 6.04 Å². The Balaban J connectivity index is 1.45. The van der Waals surface area contributed by atoms with Gasteiger partial charge in [-0.3, -0.25) is 14.8 Å². The molecule has 2 atom stereocenters. The molecule has 0 aliphatic carbocycles. The highest BCUT2D eigenvalue weighted by Crippen LogP contribution is 2.31. The van der Waals surface area contributed by atoms with Crippen molar-refractivity contribution in [3.63, 3.8) is 0 Å². The minimum atomic E-state index is 0.667. The lowest BCUT2D eigenvalue weighted by Crippen LogP contribution is -2.43. The van der Waals surface area contributed by atoms with Gasteiger partial charge in [0.1, 0.15) is 0 Å². The number of rotatable bonds is 5. The molecule has 0 aromatic carbocycles. The maximum atomic E-state index is 4.72. The van der Waals surface area contributed by atoms with Gasteiger partial charge in [-0.1, -0.05) is 13.0 Å². The van der Waals surface area contributed by atoms with E-state index >= 15 is 0 Å². The molecule has 25 heavy (non-hydrogen) atoms. The fraction of sp³-hybridized carbons (Fsp3) is 0.600. The van der Waals surface area contributed by atoms with Crippen molar-refractivity contribution in [3.8, 4) is 0 Å². The van der Waals surface area contributed by atoms with Gasteiger partial charge in [0.2, 0.25) is 0 Å². The lowest BCUT2D eigenvalue weighted by Gasteiger charge is -2.35. The number of hydrogen-bond acceptors (Lipinski definition) is 5. The van der Waals surface area contributed by atoms with E-state index in [1.807, 2.05) is 23.6 Å². The number of aromatic nitrogens is 2. The first kappa shape index (κ1) is 17.1. The van der Waals surface area contributed by atoms with Gasteiger partial charge < -0.3 is 0 Å². The molecule has 2 aromatic heterocycles. The Morgan fingerprint density at radius 2 is 2.08 bits per heavy atom. The van der Waals surface area contributed by atoms with Crippen LogP contribution in [0.25, 0.3) is 0 Å². The molecule has 3 fully saturated rings. The minimum absolute atomic E-state index is 0.667. The number of hydrogen-bond donors (Lipinski definition) is 0. The van der Waals surface area contributed by atoms with Crippen molar-refractivity contribution in [2.45, 2.75) is 52.2 Å². The van der Waals surface area contributed by atoms with Crippen LogP contribution >= 0.6 is 11.3 Å². The van der Waals surface area contributed by atoms with E-state index in [0.717, 1.165) is 25.4 Å². The smallest absolute Gasteiger partial charge is 0.0900 e. The molecule has 0 amide bonds. The van der Waals surface area contributed by atoms with E-state index in [1.54, 1.807) is 0 Å². The predicted octanol–water partition coefficient (Wildman–Crippen LogP) is 3.51. The molecule has 3 saturated heterocycles. The summed E-state index contributed by atoms with van der Waals surface area (Å²) in [6.07, 6.45) is 5.67. The highest BCUT2D eigenvalue weighted by Gasteiger charge is 2.35. The Kier molecular flexibility index (Phi) is 5.15. The molecule has 2 aromatic rings. The SMILES string of the molecule is CCc1nc(C)sc1CN1C[C@H]2CC[C@@H](C1)N(Cc1ccccn1)C2. The summed E-state index contributed by atoms with van der Waals surface area (Å²) in [5, 5.41) is 1.21. The zero-order valence-electron chi connectivity index (χ0n) is 15.3. The van der Waals surface area contributed by atoms with Crippen LogP contribution in [0, 0.1) is 12.8 Å². The Morgan fingerprint density at radius 3 is 2.88 bits per heavy atom. The van der Waals surface area contributed by atoms with Crippen molar-refractivity contribution >= 4 is 11.3 Å². The van der Waals surface area contributed by atoms with Crippen LogP contribution in [0.1, 0.15) is 41.0 Å². The summed E-state index contributed by atoms with van der Waals surface area (Å²) in [7, 11) is 0. The number of aryl methyl sites for hydroxylation is 2. The van der Waals surface area contributed by atoms with Crippen molar-refractivity contribution in [1.82, 2.24) is 19.8 Å². The van der Waals surface area contributed by atoms with Gasteiger partial charge in [0, 0.05) is 49.8 Å². The Hall–Kier alpha value is -1.30. The standard InChI is InChI=1S/C20H28N4S/c1-3-19-20(25-15(2)22-19)14-23-10-16-7-8-18(13-23)24(11-16)12-17-6-4-5-9-21-17/h4-6,9,16,18H,3,7-8,10-14H2,1-2H3/t16-,18+/m1/s1. The quantitative estimate of drug-likeness (QED) is 0.821. The minimum Gasteiger partial charge on any atom is -0.296 e. The summed E-state index contributed by atoms with van der Waals surface area (Å²) in [5.74, 6) is 0.793. The normalized spacial score (nSPS) is 24.6. The van der Waals surface area contributed by atoms with Gasteiger partial charge in [-0.25, -0.2) is 4.98 Å². The fourth-order valence-electron chi connectivity index (χ4n) is 4.41. The van der Waals surface area contributed by atoms with Gasteiger partial charge in [-0.2, -0.15) is 0 Å². The van der Waals surface area contributed by atoms with Crippen molar-refractivity contribution in [2.75, 3.05) is 19.6 Å². The van der Waals surface area contributed by atoms with Crippen molar-refractivity contribution in [2.24, 2.45) is 5.92 Å². The summed E-state index contributed by atoms with van der Waals surface area (Å²) in [6.45, 7) is 10.1. The summed E-state index contributed by atoms with van der Waals surface area (Å²) < 4.78 is 0. The maximum absolute atomic E-state index is 4.72. The molecule has 2 bridgehead atoms. The van der Waals surface area contributed by atoms with Crippen LogP contribution in [-0.4, -0.2) is 45.4 Å². The molecule has 5 heterocycles. The fourth-order valence-corrected chi connectivity index (χ4v) is 5.48. The molecule has 5 rings (SSSR count). The maximum Gasteiger partial charge on any atom is 0.0900 e. The van der Waals surface area contributed by atoms with Gasteiger partial charge in [0.25, 0.3) is 0 Å². The average Bonchev–Trinajstić information content (AvgIpc) is 2.77. The van der Waals surface area contributed by atoms with Crippen LogP contribution < -0.4 is 0 Å². The molecule has 4 nitrogen and oxygen atoms in total. The lowest BCUT2D eigenvalue weighted by molar-refractivity contribution is 0.121. The third kappa shape index (κ3) is 3.94. The molecule has 3 aliphatic rings. The average molecular weight is 357 g/mol. The van der Waals surface area contributed by atoms with E-state index in [2.05, 4.69) is 40.8 Å². The molecule has 0 spiro atoms. The summed E-state index contributed by atoms with van der Waals surface area (Å²) in [5.41, 5.74) is 2.51. The van der Waals surface area contributed by atoms with Crippen LogP contribution in [0.3, 0.4) is 0 Å². The Bertz CT molecular complexity index is 699. The number of fused-ring (bicyclic) bond motifs is 4. The molecule has 3 aliphatic heterocycles. The summed E-state index contributed by atoms with van der Waals surface area (Å²) >= 11 is 1.89.